The van der Waals surface area contributed by atoms with Crippen molar-refractivity contribution >= 4 is 32.8 Å². The fraction of sp³-hybridized carbons (Fsp3) is 0.333. The predicted octanol–water partition coefficient (Wildman–Crippen LogP) is 3.44. The second kappa shape index (κ2) is 8.69. The fourth-order valence-corrected chi connectivity index (χ4v) is 4.69. The van der Waals surface area contributed by atoms with Gasteiger partial charge >= 0.3 is 0 Å². The number of rotatable bonds is 5. The molecule has 0 aliphatic carbocycles. The minimum absolute atomic E-state index is 0.116. The molecule has 32 heavy (non-hydrogen) atoms. The van der Waals surface area contributed by atoms with Crippen LogP contribution in [0.4, 0.5) is 0 Å². The van der Waals surface area contributed by atoms with Gasteiger partial charge in [-0.2, -0.15) is 0 Å². The number of benzene rings is 2. The van der Waals surface area contributed by atoms with Crippen LogP contribution in [0.2, 0.25) is 0 Å². The number of nitrogens with zero attached hydrogens (tertiary/aromatic N) is 2. The summed E-state index contributed by atoms with van der Waals surface area (Å²) in [4.78, 5) is 31.1. The Bertz CT molecular complexity index is 1220. The summed E-state index contributed by atoms with van der Waals surface area (Å²) in [6, 6.07) is 12.3. The molecule has 0 spiro atoms. The number of ether oxygens (including phenoxy) is 2. The molecule has 1 fully saturated rings. The molecule has 8 heteroatoms. The summed E-state index contributed by atoms with van der Waals surface area (Å²) < 4.78 is 17.6. The zero-order chi connectivity index (χ0) is 22.2. The largest absolute Gasteiger partial charge is 0.497 e. The number of morpholine rings is 1. The number of fused-ring (bicyclic) bond motifs is 2. The van der Waals surface area contributed by atoms with E-state index in [2.05, 4.69) is 20.8 Å². The Morgan fingerprint density at radius 1 is 1.06 bits per heavy atom. The lowest BCUT2D eigenvalue weighted by Gasteiger charge is -2.31. The molecular weight excluding hydrogens is 476 g/mol. The van der Waals surface area contributed by atoms with Crippen LogP contribution in [-0.4, -0.2) is 62.2 Å². The van der Waals surface area contributed by atoms with E-state index in [9.17, 15) is 9.59 Å². The van der Waals surface area contributed by atoms with Gasteiger partial charge in [0.05, 0.1) is 37.3 Å². The summed E-state index contributed by atoms with van der Waals surface area (Å²) >= 11 is 3.46. The first kappa shape index (κ1) is 21.2. The molecule has 3 aromatic rings. The first-order valence-corrected chi connectivity index (χ1v) is 11.4. The molecule has 2 aliphatic rings. The Labute approximate surface area is 193 Å². The molecule has 2 aromatic carbocycles. The van der Waals surface area contributed by atoms with Gasteiger partial charge in [-0.1, -0.05) is 28.1 Å². The molecule has 0 bridgehead atoms. The fourth-order valence-electron chi connectivity index (χ4n) is 4.42. The smallest absolute Gasteiger partial charge is 0.290 e. The molecule has 166 valence electrons. The summed E-state index contributed by atoms with van der Waals surface area (Å²) in [7, 11) is 1.55. The van der Waals surface area contributed by atoms with Gasteiger partial charge in [0.15, 0.2) is 5.43 Å². The average Bonchev–Trinajstić information content (AvgIpc) is 3.10. The van der Waals surface area contributed by atoms with Crippen molar-refractivity contribution in [3.63, 3.8) is 0 Å². The number of halogens is 1. The standard InChI is InChI=1S/C24H23BrN2O5/c1-30-17-6-7-18-19(14-17)32-23-20(22(18)28)21(15-2-4-16(25)5-3-15)27(24(23)29)9-8-26-10-12-31-13-11-26/h2-7,14,21H,8-13H2,1H3/t21-/m0/s1. The molecule has 7 nitrogen and oxygen atoms in total. The highest BCUT2D eigenvalue weighted by Crippen LogP contribution is 2.38. The van der Waals surface area contributed by atoms with Crippen LogP contribution in [0.15, 0.2) is 56.1 Å². The Morgan fingerprint density at radius 2 is 1.81 bits per heavy atom. The zero-order valence-corrected chi connectivity index (χ0v) is 19.3. The summed E-state index contributed by atoms with van der Waals surface area (Å²) in [6.07, 6.45) is 0. The SMILES string of the molecule is COc1ccc2c(=O)c3c(oc2c1)C(=O)N(CCN1CCOCC1)[C@H]3c1ccc(Br)cc1. The molecule has 0 N–H and O–H groups in total. The first-order valence-electron chi connectivity index (χ1n) is 10.6. The maximum absolute atomic E-state index is 13.6. The van der Waals surface area contributed by atoms with Gasteiger partial charge in [0.2, 0.25) is 5.76 Å². The lowest BCUT2D eigenvalue weighted by Crippen LogP contribution is -2.42. The lowest BCUT2D eigenvalue weighted by atomic mass is 9.98. The number of carbonyl (C=O) groups is 1. The van der Waals surface area contributed by atoms with Gasteiger partial charge in [-0.15, -0.1) is 0 Å². The number of carbonyl (C=O) groups excluding carboxylic acids is 1. The Balaban J connectivity index is 1.60. The van der Waals surface area contributed by atoms with Crippen molar-refractivity contribution in [3.05, 3.63) is 74.0 Å². The van der Waals surface area contributed by atoms with Crippen LogP contribution in [-0.2, 0) is 4.74 Å². The van der Waals surface area contributed by atoms with Gasteiger partial charge in [0.25, 0.3) is 5.91 Å². The van der Waals surface area contributed by atoms with E-state index in [1.807, 2.05) is 24.3 Å². The Kier molecular flexibility index (Phi) is 5.75. The van der Waals surface area contributed by atoms with Crippen LogP contribution < -0.4 is 10.2 Å². The van der Waals surface area contributed by atoms with Crippen LogP contribution in [0.1, 0.15) is 27.7 Å². The minimum Gasteiger partial charge on any atom is -0.497 e. The van der Waals surface area contributed by atoms with Crippen molar-refractivity contribution < 1.29 is 18.7 Å². The average molecular weight is 499 g/mol. The quantitative estimate of drug-likeness (QED) is 0.536. The molecule has 1 amide bonds. The number of hydrogen-bond acceptors (Lipinski definition) is 6. The van der Waals surface area contributed by atoms with E-state index in [-0.39, 0.29) is 17.1 Å². The van der Waals surface area contributed by atoms with Crippen molar-refractivity contribution in [3.8, 4) is 5.75 Å². The molecule has 1 saturated heterocycles. The third-order valence-corrected chi connectivity index (χ3v) is 6.65. The molecule has 3 heterocycles. The van der Waals surface area contributed by atoms with Crippen molar-refractivity contribution in [1.29, 1.82) is 0 Å². The third-order valence-electron chi connectivity index (χ3n) is 6.12. The predicted molar refractivity (Wildman–Crippen MR) is 123 cm³/mol. The first-order chi connectivity index (χ1) is 15.6. The molecular formula is C24H23BrN2O5. The second-order valence-electron chi connectivity index (χ2n) is 7.94. The van der Waals surface area contributed by atoms with Crippen LogP contribution in [0, 0.1) is 0 Å². The number of amides is 1. The summed E-state index contributed by atoms with van der Waals surface area (Å²) in [5, 5.41) is 0.439. The summed E-state index contributed by atoms with van der Waals surface area (Å²) in [5.74, 6) is 0.424. The molecule has 2 aliphatic heterocycles. The van der Waals surface area contributed by atoms with Gasteiger partial charge in [-0.25, -0.2) is 0 Å². The highest BCUT2D eigenvalue weighted by molar-refractivity contribution is 9.10. The Morgan fingerprint density at radius 3 is 2.53 bits per heavy atom. The van der Waals surface area contributed by atoms with Crippen molar-refractivity contribution in [1.82, 2.24) is 9.80 Å². The molecule has 1 atom stereocenters. The second-order valence-corrected chi connectivity index (χ2v) is 8.86. The monoisotopic (exact) mass is 498 g/mol. The van der Waals surface area contributed by atoms with Gasteiger partial charge < -0.3 is 18.8 Å². The van der Waals surface area contributed by atoms with E-state index in [1.54, 1.807) is 30.2 Å². The van der Waals surface area contributed by atoms with Gasteiger partial charge in [-0.05, 0) is 29.8 Å². The number of methoxy groups -OCH3 is 1. The van der Waals surface area contributed by atoms with Crippen molar-refractivity contribution in [2.45, 2.75) is 6.04 Å². The van der Waals surface area contributed by atoms with Crippen LogP contribution in [0.3, 0.4) is 0 Å². The van der Waals surface area contributed by atoms with Gasteiger partial charge in [0.1, 0.15) is 11.3 Å². The molecule has 5 rings (SSSR count). The van der Waals surface area contributed by atoms with E-state index in [0.717, 1.165) is 23.1 Å². The van der Waals surface area contributed by atoms with Gasteiger partial charge in [-0.3, -0.25) is 14.5 Å². The van der Waals surface area contributed by atoms with E-state index in [0.29, 0.717) is 48.6 Å². The zero-order valence-electron chi connectivity index (χ0n) is 17.7. The highest BCUT2D eigenvalue weighted by Gasteiger charge is 2.42. The van der Waals surface area contributed by atoms with Crippen LogP contribution in [0.5, 0.6) is 5.75 Å². The van der Waals surface area contributed by atoms with Crippen molar-refractivity contribution in [2.24, 2.45) is 0 Å². The van der Waals surface area contributed by atoms with Crippen LogP contribution in [0.25, 0.3) is 11.0 Å². The third kappa shape index (κ3) is 3.72. The van der Waals surface area contributed by atoms with Crippen molar-refractivity contribution in [2.75, 3.05) is 46.5 Å². The normalized spacial score (nSPS) is 18.9. The van der Waals surface area contributed by atoms with E-state index >= 15 is 0 Å². The maximum Gasteiger partial charge on any atom is 0.290 e. The molecule has 1 aromatic heterocycles. The Hall–Kier alpha value is -2.68. The summed E-state index contributed by atoms with van der Waals surface area (Å²) in [6.45, 7) is 4.24. The highest BCUT2D eigenvalue weighted by atomic mass is 79.9. The molecule has 0 unspecified atom stereocenters. The summed E-state index contributed by atoms with van der Waals surface area (Å²) in [5.41, 5.74) is 1.45. The molecule has 0 saturated carbocycles. The minimum atomic E-state index is -0.491. The van der Waals surface area contributed by atoms with E-state index in [4.69, 9.17) is 13.9 Å². The van der Waals surface area contributed by atoms with Gasteiger partial charge in [0, 0.05) is 36.7 Å². The topological polar surface area (TPSA) is 72.2 Å². The lowest BCUT2D eigenvalue weighted by molar-refractivity contribution is 0.0314. The van der Waals surface area contributed by atoms with E-state index in [1.165, 1.54) is 0 Å². The van der Waals surface area contributed by atoms with Crippen LogP contribution >= 0.6 is 15.9 Å². The number of hydrogen-bond donors (Lipinski definition) is 0. The van der Waals surface area contributed by atoms with E-state index < -0.39 is 6.04 Å². The molecule has 0 radical (unpaired) electrons. The maximum atomic E-state index is 13.6.